The van der Waals surface area contributed by atoms with Gasteiger partial charge in [-0.3, -0.25) is 10.1 Å². The maximum Gasteiger partial charge on any atom is 0.407 e. The Morgan fingerprint density at radius 1 is 1.36 bits per heavy atom. The Morgan fingerprint density at radius 3 is 2.60 bits per heavy atom. The molecule has 2 rings (SSSR count). The van der Waals surface area contributed by atoms with Crippen molar-refractivity contribution in [2.45, 2.75) is 43.7 Å². The fraction of sp³-hybridized carbons (Fsp3) is 0.533. The molecule has 0 aliphatic carbocycles. The summed E-state index contributed by atoms with van der Waals surface area (Å²) in [7, 11) is -4.02. The number of hydrogen-bond acceptors (Lipinski definition) is 6. The first-order valence-electron chi connectivity index (χ1n) is 7.74. The minimum Gasteiger partial charge on any atom is -0.444 e. The van der Waals surface area contributed by atoms with Crippen LogP contribution in [0.4, 0.5) is 10.5 Å². The zero-order chi connectivity index (χ0) is 18.8. The minimum absolute atomic E-state index is 0.0353. The first kappa shape index (κ1) is 19.1. The second-order valence-corrected chi connectivity index (χ2v) is 8.63. The van der Waals surface area contributed by atoms with Crippen LogP contribution in [0.15, 0.2) is 29.2 Å². The lowest BCUT2D eigenvalue weighted by atomic mass is 10.2. The first-order chi connectivity index (χ1) is 11.5. The van der Waals surface area contributed by atoms with Crippen molar-refractivity contribution in [3.05, 3.63) is 34.4 Å². The predicted octanol–water partition coefficient (Wildman–Crippen LogP) is 1.88. The van der Waals surface area contributed by atoms with Crippen LogP contribution in [0, 0.1) is 10.1 Å². The molecule has 25 heavy (non-hydrogen) atoms. The molecule has 0 spiro atoms. The van der Waals surface area contributed by atoms with E-state index in [2.05, 4.69) is 5.32 Å². The van der Waals surface area contributed by atoms with Crippen LogP contribution >= 0.6 is 0 Å². The maximum atomic E-state index is 12.7. The third-order valence-corrected chi connectivity index (χ3v) is 5.46. The van der Waals surface area contributed by atoms with E-state index < -0.39 is 38.4 Å². The Bertz CT molecular complexity index is 772. The molecule has 10 heteroatoms. The quantitative estimate of drug-likeness (QED) is 0.637. The van der Waals surface area contributed by atoms with E-state index in [0.717, 1.165) is 10.4 Å². The number of nitro groups is 1. The van der Waals surface area contributed by atoms with E-state index in [1.54, 1.807) is 20.8 Å². The molecule has 1 fully saturated rings. The Hall–Kier alpha value is -2.20. The molecule has 1 aromatic carbocycles. The van der Waals surface area contributed by atoms with E-state index in [9.17, 15) is 23.3 Å². The van der Waals surface area contributed by atoms with Crippen LogP contribution in [0.5, 0.6) is 0 Å². The number of nitrogens with one attached hydrogen (secondary N) is 1. The largest absolute Gasteiger partial charge is 0.444 e. The van der Waals surface area contributed by atoms with Crippen LogP contribution < -0.4 is 5.32 Å². The van der Waals surface area contributed by atoms with Crippen LogP contribution in [0.1, 0.15) is 27.2 Å². The second kappa shape index (κ2) is 6.96. The van der Waals surface area contributed by atoms with Crippen LogP contribution in [0.3, 0.4) is 0 Å². The van der Waals surface area contributed by atoms with Gasteiger partial charge in [-0.1, -0.05) is 12.1 Å². The fourth-order valence-electron chi connectivity index (χ4n) is 2.50. The molecule has 1 aliphatic rings. The third-order valence-electron chi connectivity index (χ3n) is 3.55. The molecule has 0 aromatic heterocycles. The fourth-order valence-corrected chi connectivity index (χ4v) is 4.16. The van der Waals surface area contributed by atoms with Gasteiger partial charge in [0.1, 0.15) is 5.60 Å². The smallest absolute Gasteiger partial charge is 0.407 e. The van der Waals surface area contributed by atoms with E-state index in [4.69, 9.17) is 4.74 Å². The molecule has 1 N–H and O–H groups in total. The van der Waals surface area contributed by atoms with Crippen molar-refractivity contribution in [1.82, 2.24) is 9.62 Å². The molecule has 0 saturated carbocycles. The minimum atomic E-state index is -4.02. The third kappa shape index (κ3) is 4.67. The highest BCUT2D eigenvalue weighted by Crippen LogP contribution is 2.28. The van der Waals surface area contributed by atoms with Crippen molar-refractivity contribution in [3.8, 4) is 0 Å². The molecule has 1 amide bonds. The van der Waals surface area contributed by atoms with Gasteiger partial charge in [-0.05, 0) is 33.3 Å². The Labute approximate surface area is 146 Å². The van der Waals surface area contributed by atoms with Gasteiger partial charge in [0.25, 0.3) is 5.69 Å². The van der Waals surface area contributed by atoms with E-state index in [1.165, 1.54) is 18.2 Å². The number of nitro benzene ring substituents is 1. The van der Waals surface area contributed by atoms with Crippen molar-refractivity contribution in [1.29, 1.82) is 0 Å². The van der Waals surface area contributed by atoms with Gasteiger partial charge >= 0.3 is 6.09 Å². The first-order valence-corrected chi connectivity index (χ1v) is 9.18. The zero-order valence-corrected chi connectivity index (χ0v) is 15.1. The number of rotatable bonds is 4. The molecule has 1 saturated heterocycles. The molecule has 1 aromatic rings. The molecule has 1 aliphatic heterocycles. The summed E-state index contributed by atoms with van der Waals surface area (Å²) in [5, 5.41) is 13.7. The molecule has 0 radical (unpaired) electrons. The summed E-state index contributed by atoms with van der Waals surface area (Å²) in [4.78, 5) is 21.8. The summed E-state index contributed by atoms with van der Waals surface area (Å²) >= 11 is 0. The number of alkyl carbamates (subject to hydrolysis) is 1. The van der Waals surface area contributed by atoms with Gasteiger partial charge in [0.15, 0.2) is 4.90 Å². The van der Waals surface area contributed by atoms with Crippen LogP contribution in [-0.2, 0) is 14.8 Å². The molecule has 0 bridgehead atoms. The van der Waals surface area contributed by atoms with E-state index >= 15 is 0 Å². The molecule has 1 heterocycles. The van der Waals surface area contributed by atoms with Gasteiger partial charge in [0.2, 0.25) is 10.0 Å². The highest BCUT2D eigenvalue weighted by Gasteiger charge is 2.37. The molecular weight excluding hydrogens is 350 g/mol. The topological polar surface area (TPSA) is 119 Å². The molecule has 1 atom stereocenters. The monoisotopic (exact) mass is 371 g/mol. The van der Waals surface area contributed by atoms with Gasteiger partial charge in [-0.25, -0.2) is 13.2 Å². The predicted molar refractivity (Wildman–Crippen MR) is 89.6 cm³/mol. The number of amides is 1. The summed E-state index contributed by atoms with van der Waals surface area (Å²) in [5.74, 6) is 0. The summed E-state index contributed by atoms with van der Waals surface area (Å²) in [6.07, 6.45) is -0.221. The molecular formula is C15H21N3O6S. The van der Waals surface area contributed by atoms with E-state index in [1.807, 2.05) is 0 Å². The number of carbonyl (C=O) groups excluding carboxylic acids is 1. The molecule has 138 valence electrons. The number of hydrogen-bond donors (Lipinski definition) is 1. The van der Waals surface area contributed by atoms with Crippen molar-refractivity contribution < 1.29 is 22.9 Å². The Morgan fingerprint density at radius 2 is 2.00 bits per heavy atom. The highest BCUT2D eigenvalue weighted by molar-refractivity contribution is 7.89. The Kier molecular flexibility index (Phi) is 5.33. The molecule has 9 nitrogen and oxygen atoms in total. The summed E-state index contributed by atoms with van der Waals surface area (Å²) in [5.41, 5.74) is -1.12. The lowest BCUT2D eigenvalue weighted by Gasteiger charge is -2.22. The van der Waals surface area contributed by atoms with Gasteiger partial charge in [0.05, 0.1) is 4.92 Å². The number of benzene rings is 1. The Balaban J connectivity index is 2.11. The standard InChI is InChI=1S/C15H21N3O6S/c1-15(2,3)24-14(19)16-11-8-9-17(10-11)25(22,23)13-7-5-4-6-12(13)18(20)21/h4-7,11H,8-10H2,1-3H3,(H,16,19). The van der Waals surface area contributed by atoms with Crippen LogP contribution in [-0.4, -0.2) is 48.5 Å². The van der Waals surface area contributed by atoms with Gasteiger partial charge < -0.3 is 10.1 Å². The van der Waals surface area contributed by atoms with Gasteiger partial charge in [0, 0.05) is 25.2 Å². The molecule has 1 unspecified atom stereocenters. The van der Waals surface area contributed by atoms with Crippen molar-refractivity contribution in [3.63, 3.8) is 0 Å². The zero-order valence-electron chi connectivity index (χ0n) is 14.3. The summed E-state index contributed by atoms with van der Waals surface area (Å²) in [6, 6.07) is 4.80. The number of ether oxygens (including phenoxy) is 1. The number of sulfonamides is 1. The van der Waals surface area contributed by atoms with Crippen LogP contribution in [0.25, 0.3) is 0 Å². The summed E-state index contributed by atoms with van der Waals surface area (Å²) in [6.45, 7) is 5.38. The number of carbonyl (C=O) groups is 1. The van der Waals surface area contributed by atoms with E-state index in [-0.39, 0.29) is 18.0 Å². The van der Waals surface area contributed by atoms with Crippen molar-refractivity contribution in [2.75, 3.05) is 13.1 Å². The van der Waals surface area contributed by atoms with Crippen molar-refractivity contribution >= 4 is 21.8 Å². The van der Waals surface area contributed by atoms with Crippen LogP contribution in [0.2, 0.25) is 0 Å². The number of para-hydroxylation sites is 1. The van der Waals surface area contributed by atoms with Gasteiger partial charge in [-0.15, -0.1) is 0 Å². The average Bonchev–Trinajstić information content (AvgIpc) is 2.94. The van der Waals surface area contributed by atoms with E-state index in [0.29, 0.717) is 6.42 Å². The lowest BCUT2D eigenvalue weighted by Crippen LogP contribution is -2.41. The maximum absolute atomic E-state index is 12.7. The summed E-state index contributed by atoms with van der Waals surface area (Å²) < 4.78 is 31.7. The normalized spacial score (nSPS) is 18.8. The lowest BCUT2D eigenvalue weighted by molar-refractivity contribution is -0.387. The average molecular weight is 371 g/mol. The van der Waals surface area contributed by atoms with Gasteiger partial charge in [-0.2, -0.15) is 4.31 Å². The number of nitrogens with zero attached hydrogens (tertiary/aromatic N) is 2. The second-order valence-electron chi connectivity index (χ2n) is 6.72. The highest BCUT2D eigenvalue weighted by atomic mass is 32.2. The SMILES string of the molecule is CC(C)(C)OC(=O)NC1CCN(S(=O)(=O)c2ccccc2[N+](=O)[O-])C1. The van der Waals surface area contributed by atoms with Crippen molar-refractivity contribution in [2.24, 2.45) is 0 Å².